The average Bonchev–Trinajstić information content (AvgIpc) is 1.65. The molecule has 0 amide bonds. The smallest absolute Gasteiger partial charge is 0.110 e. The van der Waals surface area contributed by atoms with E-state index < -0.39 is 5.67 Å². The highest BCUT2D eigenvalue weighted by Crippen LogP contribution is 2.20. The average molecular weight is 117 g/mol. The standard InChI is InChI=1S/C6H12FN/c1-6(7)2-4-8-5-3-6/h8H,2-5H2,1H3. The summed E-state index contributed by atoms with van der Waals surface area (Å²) < 4.78 is 12.8. The van der Waals surface area contributed by atoms with Crippen molar-refractivity contribution >= 4 is 0 Å². The lowest BCUT2D eigenvalue weighted by Crippen LogP contribution is -2.36. The first kappa shape index (κ1) is 6.02. The van der Waals surface area contributed by atoms with Crippen LogP contribution in [0.25, 0.3) is 0 Å². The molecule has 0 radical (unpaired) electrons. The molecule has 8 heavy (non-hydrogen) atoms. The van der Waals surface area contributed by atoms with E-state index in [0.29, 0.717) is 12.8 Å². The van der Waals surface area contributed by atoms with E-state index in [1.54, 1.807) is 6.92 Å². The van der Waals surface area contributed by atoms with Gasteiger partial charge in [-0.3, -0.25) is 0 Å². The van der Waals surface area contributed by atoms with Gasteiger partial charge in [-0.15, -0.1) is 0 Å². The van der Waals surface area contributed by atoms with Crippen LogP contribution in [0.15, 0.2) is 0 Å². The highest BCUT2D eigenvalue weighted by atomic mass is 19.1. The third-order valence-corrected chi connectivity index (χ3v) is 1.65. The summed E-state index contributed by atoms with van der Waals surface area (Å²) in [5.74, 6) is 0. The summed E-state index contributed by atoms with van der Waals surface area (Å²) in [4.78, 5) is 0. The molecule has 0 unspecified atom stereocenters. The van der Waals surface area contributed by atoms with Crippen LogP contribution in [0.1, 0.15) is 19.8 Å². The van der Waals surface area contributed by atoms with Gasteiger partial charge in [-0.1, -0.05) is 0 Å². The zero-order valence-electron chi connectivity index (χ0n) is 5.21. The minimum atomic E-state index is -0.884. The largest absolute Gasteiger partial charge is 0.316 e. The highest BCUT2D eigenvalue weighted by Gasteiger charge is 2.24. The fourth-order valence-electron chi connectivity index (χ4n) is 0.948. The van der Waals surface area contributed by atoms with Crippen LogP contribution in [0.4, 0.5) is 4.39 Å². The van der Waals surface area contributed by atoms with Crippen molar-refractivity contribution in [3.05, 3.63) is 0 Å². The van der Waals surface area contributed by atoms with Crippen molar-refractivity contribution < 1.29 is 4.39 Å². The molecule has 1 aliphatic rings. The first-order chi connectivity index (χ1) is 3.71. The van der Waals surface area contributed by atoms with Crippen LogP contribution in [0, 0.1) is 0 Å². The third kappa shape index (κ3) is 1.44. The molecule has 2 heteroatoms. The fourth-order valence-corrected chi connectivity index (χ4v) is 0.948. The quantitative estimate of drug-likeness (QED) is 0.501. The van der Waals surface area contributed by atoms with Crippen molar-refractivity contribution in [1.82, 2.24) is 5.32 Å². The normalized spacial score (nSPS) is 27.8. The molecule has 1 N–H and O–H groups in total. The Bertz CT molecular complexity index is 72.6. The van der Waals surface area contributed by atoms with Crippen molar-refractivity contribution in [3.63, 3.8) is 0 Å². The molecule has 0 bridgehead atoms. The van der Waals surface area contributed by atoms with Crippen molar-refractivity contribution in [2.75, 3.05) is 13.1 Å². The summed E-state index contributed by atoms with van der Waals surface area (Å²) in [5, 5.41) is 3.10. The van der Waals surface area contributed by atoms with Gasteiger partial charge in [0.1, 0.15) is 5.67 Å². The van der Waals surface area contributed by atoms with E-state index in [1.165, 1.54) is 0 Å². The molecule has 1 rings (SSSR count). The van der Waals surface area contributed by atoms with E-state index in [9.17, 15) is 4.39 Å². The summed E-state index contributed by atoms with van der Waals surface area (Å²) in [7, 11) is 0. The molecule has 0 atom stereocenters. The Balaban J connectivity index is 2.33. The Hall–Kier alpha value is -0.110. The lowest BCUT2D eigenvalue weighted by molar-refractivity contribution is 0.139. The van der Waals surface area contributed by atoms with Crippen molar-refractivity contribution in [3.8, 4) is 0 Å². The molecular weight excluding hydrogens is 105 g/mol. The number of alkyl halides is 1. The van der Waals surface area contributed by atoms with Crippen LogP contribution in [0.3, 0.4) is 0 Å². The minimum Gasteiger partial charge on any atom is -0.316 e. The molecule has 1 aliphatic heterocycles. The topological polar surface area (TPSA) is 12.0 Å². The summed E-state index contributed by atoms with van der Waals surface area (Å²) >= 11 is 0. The van der Waals surface area contributed by atoms with Gasteiger partial charge in [0, 0.05) is 0 Å². The molecular formula is C6H12FN. The second-order valence-electron chi connectivity index (χ2n) is 2.66. The minimum absolute atomic E-state index is 0.674. The maximum Gasteiger partial charge on any atom is 0.110 e. The van der Waals surface area contributed by atoms with Gasteiger partial charge in [0.2, 0.25) is 0 Å². The third-order valence-electron chi connectivity index (χ3n) is 1.65. The van der Waals surface area contributed by atoms with Crippen LogP contribution in [-0.4, -0.2) is 18.8 Å². The fraction of sp³-hybridized carbons (Fsp3) is 1.00. The molecule has 1 nitrogen and oxygen atoms in total. The first-order valence-electron chi connectivity index (χ1n) is 3.10. The van der Waals surface area contributed by atoms with Crippen LogP contribution in [0.5, 0.6) is 0 Å². The Morgan fingerprint density at radius 1 is 1.38 bits per heavy atom. The number of piperidine rings is 1. The monoisotopic (exact) mass is 117 g/mol. The Labute approximate surface area is 49.3 Å². The molecule has 1 fully saturated rings. The molecule has 1 saturated heterocycles. The molecule has 0 spiro atoms. The van der Waals surface area contributed by atoms with Gasteiger partial charge in [-0.2, -0.15) is 0 Å². The Morgan fingerprint density at radius 2 is 1.88 bits per heavy atom. The van der Waals surface area contributed by atoms with Gasteiger partial charge in [0.25, 0.3) is 0 Å². The maximum absolute atomic E-state index is 12.8. The van der Waals surface area contributed by atoms with Gasteiger partial charge in [0.15, 0.2) is 0 Å². The second kappa shape index (κ2) is 2.02. The molecule has 0 aromatic rings. The van der Waals surface area contributed by atoms with E-state index in [1.807, 2.05) is 0 Å². The molecule has 0 saturated carbocycles. The summed E-state index contributed by atoms with van der Waals surface area (Å²) in [6.45, 7) is 3.36. The number of nitrogens with one attached hydrogen (secondary N) is 1. The number of hydrogen-bond acceptors (Lipinski definition) is 1. The zero-order valence-corrected chi connectivity index (χ0v) is 5.21. The van der Waals surface area contributed by atoms with E-state index in [0.717, 1.165) is 13.1 Å². The van der Waals surface area contributed by atoms with Gasteiger partial charge in [-0.25, -0.2) is 4.39 Å². The van der Waals surface area contributed by atoms with Crippen LogP contribution >= 0.6 is 0 Å². The highest BCUT2D eigenvalue weighted by molar-refractivity contribution is 4.79. The second-order valence-corrected chi connectivity index (χ2v) is 2.66. The molecule has 0 aromatic carbocycles. The number of hydrogen-bond donors (Lipinski definition) is 1. The molecule has 0 aliphatic carbocycles. The predicted octanol–water partition coefficient (Wildman–Crippen LogP) is 1.10. The lowest BCUT2D eigenvalue weighted by atomic mass is 9.97. The van der Waals surface area contributed by atoms with Crippen LogP contribution in [-0.2, 0) is 0 Å². The van der Waals surface area contributed by atoms with Crippen LogP contribution < -0.4 is 5.32 Å². The predicted molar refractivity (Wildman–Crippen MR) is 31.6 cm³/mol. The molecule has 1 heterocycles. The van der Waals surface area contributed by atoms with Gasteiger partial charge >= 0.3 is 0 Å². The number of halogens is 1. The van der Waals surface area contributed by atoms with E-state index >= 15 is 0 Å². The summed E-state index contributed by atoms with van der Waals surface area (Å²) in [6.07, 6.45) is 1.35. The maximum atomic E-state index is 12.8. The van der Waals surface area contributed by atoms with E-state index in [4.69, 9.17) is 0 Å². The van der Waals surface area contributed by atoms with Gasteiger partial charge < -0.3 is 5.32 Å². The lowest BCUT2D eigenvalue weighted by Gasteiger charge is -2.25. The van der Waals surface area contributed by atoms with Crippen molar-refractivity contribution in [2.45, 2.75) is 25.4 Å². The molecule has 48 valence electrons. The van der Waals surface area contributed by atoms with Crippen molar-refractivity contribution in [1.29, 1.82) is 0 Å². The first-order valence-corrected chi connectivity index (χ1v) is 3.10. The SMILES string of the molecule is CC1(F)CCNCC1. The van der Waals surface area contributed by atoms with E-state index in [-0.39, 0.29) is 0 Å². The summed E-state index contributed by atoms with van der Waals surface area (Å²) in [5.41, 5.74) is -0.884. The zero-order chi connectivity index (χ0) is 6.04. The Kier molecular flexibility index (Phi) is 1.52. The number of rotatable bonds is 0. The van der Waals surface area contributed by atoms with Crippen LogP contribution in [0.2, 0.25) is 0 Å². The van der Waals surface area contributed by atoms with E-state index in [2.05, 4.69) is 5.32 Å². The Morgan fingerprint density at radius 3 is 2.12 bits per heavy atom. The van der Waals surface area contributed by atoms with Crippen molar-refractivity contribution in [2.24, 2.45) is 0 Å². The molecule has 0 aromatic heterocycles. The van der Waals surface area contributed by atoms with Gasteiger partial charge in [0.05, 0.1) is 0 Å². The van der Waals surface area contributed by atoms with Gasteiger partial charge in [-0.05, 0) is 32.9 Å². The summed E-state index contributed by atoms with van der Waals surface area (Å²) in [6, 6.07) is 0.